The van der Waals surface area contributed by atoms with Crippen molar-refractivity contribution in [3.05, 3.63) is 71.3 Å². The first-order valence-electron chi connectivity index (χ1n) is 8.99. The highest BCUT2D eigenvalue weighted by Gasteiger charge is 2.09. The third-order valence-corrected chi connectivity index (χ3v) is 3.91. The Balaban J connectivity index is 2.32. The molecular weight excluding hydrogens is 400 g/mol. The van der Waals surface area contributed by atoms with Crippen LogP contribution in [0.15, 0.2) is 59.6 Å². The van der Waals surface area contributed by atoms with Gasteiger partial charge in [-0.1, -0.05) is 12.1 Å². The van der Waals surface area contributed by atoms with Gasteiger partial charge in [0.15, 0.2) is 5.96 Å². The predicted molar refractivity (Wildman–Crippen MR) is 118 cm³/mol. The molecule has 0 radical (unpaired) electrons. The van der Waals surface area contributed by atoms with Gasteiger partial charge >= 0.3 is 11.9 Å². The lowest BCUT2D eigenvalue weighted by Crippen LogP contribution is -2.21. The van der Waals surface area contributed by atoms with Crippen LogP contribution in [0.2, 0.25) is 0 Å². The fourth-order valence-electron chi connectivity index (χ4n) is 2.47. The van der Waals surface area contributed by atoms with Crippen molar-refractivity contribution in [2.75, 3.05) is 19.5 Å². The number of nitrogens with two attached hydrogens (primary N) is 2. The summed E-state index contributed by atoms with van der Waals surface area (Å²) in [5.74, 6) is -1.57. The van der Waals surface area contributed by atoms with Crippen molar-refractivity contribution in [1.82, 2.24) is 0 Å². The maximum absolute atomic E-state index is 12.6. The number of guanidine groups is 1. The van der Waals surface area contributed by atoms with Gasteiger partial charge in [-0.3, -0.25) is 4.79 Å². The summed E-state index contributed by atoms with van der Waals surface area (Å²) in [6.07, 6.45) is 5.53. The van der Waals surface area contributed by atoms with Crippen molar-refractivity contribution in [3.8, 4) is 0 Å². The monoisotopic (exact) mass is 422 g/mol. The van der Waals surface area contributed by atoms with E-state index in [1.807, 2.05) is 0 Å². The Labute approximate surface area is 179 Å². The van der Waals surface area contributed by atoms with Crippen LogP contribution in [0.25, 0.3) is 12.2 Å². The molecule has 0 atom stereocenters. The van der Waals surface area contributed by atoms with Crippen LogP contribution in [-0.2, 0) is 19.1 Å². The predicted octanol–water partition coefficient (Wildman–Crippen LogP) is 2.22. The average molecular weight is 422 g/mol. The maximum atomic E-state index is 12.6. The van der Waals surface area contributed by atoms with Crippen LogP contribution in [0.3, 0.4) is 0 Å². The molecule has 0 fully saturated rings. The van der Waals surface area contributed by atoms with E-state index in [4.69, 9.17) is 11.5 Å². The Bertz CT molecular complexity index is 1070. The van der Waals surface area contributed by atoms with E-state index >= 15 is 0 Å². The maximum Gasteiger partial charge on any atom is 0.330 e. The molecule has 0 saturated heterocycles. The summed E-state index contributed by atoms with van der Waals surface area (Å²) in [4.78, 5) is 39.4. The van der Waals surface area contributed by atoms with Crippen LogP contribution in [0.5, 0.6) is 0 Å². The minimum absolute atomic E-state index is 0.116. The minimum atomic E-state index is -0.547. The summed E-state index contributed by atoms with van der Waals surface area (Å²) in [5.41, 5.74) is 13.2. The number of hydrogen-bond donors (Lipinski definition) is 3. The average Bonchev–Trinajstić information content (AvgIpc) is 2.76. The van der Waals surface area contributed by atoms with E-state index in [1.54, 1.807) is 42.5 Å². The second kappa shape index (κ2) is 11.0. The van der Waals surface area contributed by atoms with Crippen molar-refractivity contribution >= 4 is 47.3 Å². The van der Waals surface area contributed by atoms with Crippen molar-refractivity contribution in [2.45, 2.75) is 0 Å². The number of carbonyl (C=O) groups excluding carboxylic acids is 3. The molecule has 0 unspecified atom stereocenters. The zero-order valence-corrected chi connectivity index (χ0v) is 17.0. The number of nitrogens with zero attached hydrogens (tertiary/aromatic N) is 1. The summed E-state index contributed by atoms with van der Waals surface area (Å²) < 4.78 is 9.19. The molecule has 0 aliphatic carbocycles. The standard InChI is InChI=1S/C22H22N4O5/c1-30-19(27)10-7-14-6-9-18(12-15(14)8-11-20(28)31-2)25-21(29)16-4-3-5-17(13-16)26-22(23)24/h3-13H,1-2H3,(H,25,29)(H4,23,24,26). The molecule has 31 heavy (non-hydrogen) atoms. The lowest BCUT2D eigenvalue weighted by molar-refractivity contribution is -0.135. The van der Waals surface area contributed by atoms with Crippen molar-refractivity contribution < 1.29 is 23.9 Å². The van der Waals surface area contributed by atoms with Crippen LogP contribution in [0.1, 0.15) is 21.5 Å². The molecule has 0 saturated carbocycles. The molecule has 1 amide bonds. The molecule has 2 aromatic carbocycles. The number of esters is 2. The van der Waals surface area contributed by atoms with Gasteiger partial charge in [0.2, 0.25) is 0 Å². The number of amides is 1. The minimum Gasteiger partial charge on any atom is -0.466 e. The van der Waals surface area contributed by atoms with Crippen LogP contribution < -0.4 is 16.8 Å². The van der Waals surface area contributed by atoms with Gasteiger partial charge in [0.25, 0.3) is 5.91 Å². The molecule has 0 aliphatic heterocycles. The molecule has 0 aromatic heterocycles. The fraction of sp³-hybridized carbons (Fsp3) is 0.0909. The van der Waals surface area contributed by atoms with Gasteiger partial charge in [-0.25, -0.2) is 14.6 Å². The molecule has 160 valence electrons. The Morgan fingerprint density at radius 3 is 2.16 bits per heavy atom. The van der Waals surface area contributed by atoms with E-state index < -0.39 is 11.9 Å². The van der Waals surface area contributed by atoms with Gasteiger partial charge in [-0.2, -0.15) is 0 Å². The van der Waals surface area contributed by atoms with Gasteiger partial charge in [-0.05, 0) is 53.6 Å². The van der Waals surface area contributed by atoms with Crippen molar-refractivity contribution in [1.29, 1.82) is 0 Å². The second-order valence-corrected chi connectivity index (χ2v) is 6.10. The van der Waals surface area contributed by atoms with Crippen LogP contribution >= 0.6 is 0 Å². The number of methoxy groups -OCH3 is 2. The van der Waals surface area contributed by atoms with E-state index in [1.165, 1.54) is 38.5 Å². The Kier molecular flexibility index (Phi) is 8.09. The van der Waals surface area contributed by atoms with E-state index in [2.05, 4.69) is 19.8 Å². The fourth-order valence-corrected chi connectivity index (χ4v) is 2.47. The van der Waals surface area contributed by atoms with Gasteiger partial charge in [0.05, 0.1) is 19.9 Å². The van der Waals surface area contributed by atoms with E-state index in [-0.39, 0.29) is 11.9 Å². The first kappa shape index (κ1) is 22.9. The largest absolute Gasteiger partial charge is 0.466 e. The molecule has 2 aromatic rings. The first-order chi connectivity index (χ1) is 14.8. The van der Waals surface area contributed by atoms with Crippen molar-refractivity contribution in [3.63, 3.8) is 0 Å². The third kappa shape index (κ3) is 7.17. The van der Waals surface area contributed by atoms with Crippen LogP contribution in [0, 0.1) is 0 Å². The van der Waals surface area contributed by atoms with Crippen LogP contribution in [0.4, 0.5) is 11.4 Å². The van der Waals surface area contributed by atoms with Gasteiger partial charge in [0, 0.05) is 23.4 Å². The number of nitrogens with one attached hydrogen (secondary N) is 1. The molecule has 0 bridgehead atoms. The molecular formula is C22H22N4O5. The topological polar surface area (TPSA) is 146 Å². The zero-order chi connectivity index (χ0) is 22.8. The number of ether oxygens (including phenoxy) is 2. The number of hydrogen-bond acceptors (Lipinski definition) is 6. The Morgan fingerprint density at radius 2 is 1.55 bits per heavy atom. The van der Waals surface area contributed by atoms with E-state index in [0.29, 0.717) is 28.1 Å². The smallest absolute Gasteiger partial charge is 0.330 e. The second-order valence-electron chi connectivity index (χ2n) is 6.10. The lowest BCUT2D eigenvalue weighted by atomic mass is 10.0. The zero-order valence-electron chi connectivity index (χ0n) is 17.0. The van der Waals surface area contributed by atoms with Gasteiger partial charge in [-0.15, -0.1) is 0 Å². The Hall–Kier alpha value is -4.40. The third-order valence-electron chi connectivity index (χ3n) is 3.91. The number of carbonyl (C=O) groups is 3. The highest BCUT2D eigenvalue weighted by Crippen LogP contribution is 2.21. The molecule has 0 heterocycles. The highest BCUT2D eigenvalue weighted by molar-refractivity contribution is 6.05. The molecule has 0 spiro atoms. The summed E-state index contributed by atoms with van der Waals surface area (Å²) in [6, 6.07) is 11.5. The lowest BCUT2D eigenvalue weighted by Gasteiger charge is -2.09. The van der Waals surface area contributed by atoms with Crippen molar-refractivity contribution in [2.24, 2.45) is 16.5 Å². The SMILES string of the molecule is COC(=O)C=Cc1ccc(NC(=O)c2cccc(N=C(N)N)c2)cc1C=CC(=O)OC. The summed E-state index contributed by atoms with van der Waals surface area (Å²) >= 11 is 0. The molecule has 9 nitrogen and oxygen atoms in total. The number of anilines is 1. The number of aliphatic imine (C=N–C) groups is 1. The summed E-state index contributed by atoms with van der Waals surface area (Å²) in [5, 5.41) is 2.77. The number of benzene rings is 2. The molecule has 9 heteroatoms. The quantitative estimate of drug-likeness (QED) is 0.268. The van der Waals surface area contributed by atoms with Gasteiger partial charge in [0.1, 0.15) is 0 Å². The highest BCUT2D eigenvalue weighted by atomic mass is 16.5. The summed E-state index contributed by atoms with van der Waals surface area (Å²) in [6.45, 7) is 0. The Morgan fingerprint density at radius 1 is 0.903 bits per heavy atom. The summed E-state index contributed by atoms with van der Waals surface area (Å²) in [7, 11) is 2.53. The van der Waals surface area contributed by atoms with Gasteiger partial charge < -0.3 is 26.3 Å². The normalized spacial score (nSPS) is 10.6. The number of rotatable bonds is 7. The molecule has 2 rings (SSSR count). The van der Waals surface area contributed by atoms with Crippen LogP contribution in [-0.4, -0.2) is 38.0 Å². The molecule has 5 N–H and O–H groups in total. The van der Waals surface area contributed by atoms with E-state index in [0.717, 1.165) is 0 Å². The first-order valence-corrected chi connectivity index (χ1v) is 8.99. The molecule has 0 aliphatic rings. The van der Waals surface area contributed by atoms with E-state index in [9.17, 15) is 14.4 Å².